The van der Waals surface area contributed by atoms with E-state index in [1.807, 2.05) is 13.8 Å². The molecule has 0 saturated carbocycles. The van der Waals surface area contributed by atoms with Crippen LogP contribution in [0.15, 0.2) is 12.2 Å². The van der Waals surface area contributed by atoms with Crippen LogP contribution in [-0.4, -0.2) is 28.8 Å². The van der Waals surface area contributed by atoms with E-state index in [9.17, 15) is 9.59 Å². The molecular weight excluding hydrogens is 246 g/mol. The molecule has 0 aromatic heterocycles. The Kier molecular flexibility index (Phi) is 7.19. The Morgan fingerprint density at radius 2 is 1.89 bits per heavy atom. The van der Waals surface area contributed by atoms with Crippen molar-refractivity contribution in [3.8, 4) is 0 Å². The van der Waals surface area contributed by atoms with Crippen LogP contribution in [0.1, 0.15) is 47.5 Å². The lowest BCUT2D eigenvalue weighted by Crippen LogP contribution is -2.38. The van der Waals surface area contributed by atoms with Gasteiger partial charge >= 0.3 is 12.1 Å². The van der Waals surface area contributed by atoms with E-state index in [1.54, 1.807) is 32.9 Å². The van der Waals surface area contributed by atoms with Crippen molar-refractivity contribution in [3.63, 3.8) is 0 Å². The van der Waals surface area contributed by atoms with E-state index in [2.05, 4.69) is 5.32 Å². The van der Waals surface area contributed by atoms with Gasteiger partial charge in [0.25, 0.3) is 0 Å². The Labute approximate surface area is 115 Å². The summed E-state index contributed by atoms with van der Waals surface area (Å²) in [6, 6.07) is -0.214. The van der Waals surface area contributed by atoms with Gasteiger partial charge in [0.15, 0.2) is 0 Å². The molecule has 0 aliphatic heterocycles. The van der Waals surface area contributed by atoms with Gasteiger partial charge in [-0.25, -0.2) is 4.79 Å². The van der Waals surface area contributed by atoms with Gasteiger partial charge < -0.3 is 15.2 Å². The van der Waals surface area contributed by atoms with E-state index in [1.165, 1.54) is 0 Å². The largest absolute Gasteiger partial charge is 0.481 e. The standard InChI is InChI=1S/C14H25NO4/c1-10(2)9-11(7-6-8-12(16)17)15-13(18)19-14(3,4)5/h6-7,10-11H,8-9H2,1-5H3,(H,15,18)(H,16,17)/b7-6+/t11-/m1/s1. The van der Waals surface area contributed by atoms with Gasteiger partial charge in [-0.3, -0.25) is 4.79 Å². The summed E-state index contributed by atoms with van der Waals surface area (Å²) < 4.78 is 5.18. The Morgan fingerprint density at radius 1 is 1.32 bits per heavy atom. The lowest BCUT2D eigenvalue weighted by Gasteiger charge is -2.23. The highest BCUT2D eigenvalue weighted by Gasteiger charge is 2.18. The first-order chi connectivity index (χ1) is 8.60. The Balaban J connectivity index is 4.46. The van der Waals surface area contributed by atoms with Crippen LogP contribution < -0.4 is 5.32 Å². The maximum atomic E-state index is 11.7. The molecule has 0 aliphatic carbocycles. The number of carbonyl (C=O) groups excluding carboxylic acids is 1. The Bertz CT molecular complexity index is 329. The summed E-state index contributed by atoms with van der Waals surface area (Å²) in [4.78, 5) is 22.1. The van der Waals surface area contributed by atoms with Gasteiger partial charge in [0.2, 0.25) is 0 Å². The van der Waals surface area contributed by atoms with Gasteiger partial charge in [0, 0.05) is 0 Å². The third-order valence-electron chi connectivity index (χ3n) is 2.09. The molecule has 0 radical (unpaired) electrons. The maximum absolute atomic E-state index is 11.7. The summed E-state index contributed by atoms with van der Waals surface area (Å²) in [5, 5.41) is 11.3. The lowest BCUT2D eigenvalue weighted by atomic mass is 10.0. The monoisotopic (exact) mass is 271 g/mol. The molecule has 0 aliphatic rings. The highest BCUT2D eigenvalue weighted by Crippen LogP contribution is 2.10. The summed E-state index contributed by atoms with van der Waals surface area (Å²) in [5.74, 6) is -0.508. The number of carboxylic acids is 1. The molecule has 0 heterocycles. The summed E-state index contributed by atoms with van der Waals surface area (Å²) in [5.41, 5.74) is -0.544. The van der Waals surface area contributed by atoms with Crippen LogP contribution in [0.2, 0.25) is 0 Å². The predicted molar refractivity (Wildman–Crippen MR) is 74.0 cm³/mol. The van der Waals surface area contributed by atoms with Gasteiger partial charge in [-0.1, -0.05) is 26.0 Å². The normalized spacial score (nSPS) is 13.6. The van der Waals surface area contributed by atoms with Crippen LogP contribution in [-0.2, 0) is 9.53 Å². The predicted octanol–water partition coefficient (Wildman–Crippen LogP) is 2.96. The molecule has 0 spiro atoms. The lowest BCUT2D eigenvalue weighted by molar-refractivity contribution is -0.136. The van der Waals surface area contributed by atoms with Gasteiger partial charge in [-0.05, 0) is 33.1 Å². The van der Waals surface area contributed by atoms with Crippen molar-refractivity contribution in [3.05, 3.63) is 12.2 Å². The van der Waals surface area contributed by atoms with Crippen molar-refractivity contribution in [2.45, 2.75) is 59.1 Å². The molecule has 0 saturated heterocycles. The van der Waals surface area contributed by atoms with Crippen LogP contribution in [0, 0.1) is 5.92 Å². The molecular formula is C14H25NO4. The second kappa shape index (κ2) is 7.81. The summed E-state index contributed by atoms with van der Waals surface area (Å²) in [7, 11) is 0. The molecule has 0 bridgehead atoms. The van der Waals surface area contributed by atoms with Crippen molar-refractivity contribution in [2.75, 3.05) is 0 Å². The molecule has 1 amide bonds. The highest BCUT2D eigenvalue weighted by molar-refractivity contribution is 5.69. The van der Waals surface area contributed by atoms with Crippen LogP contribution in [0.5, 0.6) is 0 Å². The maximum Gasteiger partial charge on any atom is 0.408 e. The summed E-state index contributed by atoms with van der Waals surface area (Å²) in [6.45, 7) is 9.46. The van der Waals surface area contributed by atoms with E-state index >= 15 is 0 Å². The molecule has 0 fully saturated rings. The van der Waals surface area contributed by atoms with E-state index in [0.717, 1.165) is 6.42 Å². The molecule has 0 aromatic rings. The van der Waals surface area contributed by atoms with Crippen molar-refractivity contribution in [1.29, 1.82) is 0 Å². The molecule has 5 heteroatoms. The molecule has 2 N–H and O–H groups in total. The first kappa shape index (κ1) is 17.5. The number of carbonyl (C=O) groups is 2. The minimum absolute atomic E-state index is 0.0510. The number of amides is 1. The Morgan fingerprint density at radius 3 is 2.32 bits per heavy atom. The van der Waals surface area contributed by atoms with Crippen molar-refractivity contribution >= 4 is 12.1 Å². The van der Waals surface area contributed by atoms with E-state index in [4.69, 9.17) is 9.84 Å². The quantitative estimate of drug-likeness (QED) is 0.728. The molecule has 0 unspecified atom stereocenters. The number of carboxylic acid groups (broad SMARTS) is 1. The van der Waals surface area contributed by atoms with Gasteiger partial charge in [0.05, 0.1) is 12.5 Å². The number of aliphatic carboxylic acids is 1. The van der Waals surface area contributed by atoms with Crippen molar-refractivity contribution in [1.82, 2.24) is 5.32 Å². The topological polar surface area (TPSA) is 75.6 Å². The first-order valence-corrected chi connectivity index (χ1v) is 6.48. The zero-order chi connectivity index (χ0) is 15.1. The zero-order valence-corrected chi connectivity index (χ0v) is 12.4. The third-order valence-corrected chi connectivity index (χ3v) is 2.09. The van der Waals surface area contributed by atoms with E-state index in [0.29, 0.717) is 5.92 Å². The first-order valence-electron chi connectivity index (χ1n) is 6.48. The van der Waals surface area contributed by atoms with Gasteiger partial charge in [-0.2, -0.15) is 0 Å². The molecule has 0 aromatic carbocycles. The smallest absolute Gasteiger partial charge is 0.408 e. The number of alkyl carbamates (subject to hydrolysis) is 1. The Hall–Kier alpha value is -1.52. The van der Waals surface area contributed by atoms with Crippen LogP contribution in [0.3, 0.4) is 0 Å². The average Bonchev–Trinajstić information content (AvgIpc) is 2.11. The van der Waals surface area contributed by atoms with Crippen molar-refractivity contribution in [2.24, 2.45) is 5.92 Å². The third kappa shape index (κ3) is 11.3. The molecule has 110 valence electrons. The molecule has 1 atom stereocenters. The second-order valence-corrected chi connectivity index (χ2v) is 5.91. The number of nitrogens with one attached hydrogen (secondary N) is 1. The minimum atomic E-state index is -0.892. The minimum Gasteiger partial charge on any atom is -0.481 e. The highest BCUT2D eigenvalue weighted by atomic mass is 16.6. The van der Waals surface area contributed by atoms with Crippen molar-refractivity contribution < 1.29 is 19.4 Å². The fraction of sp³-hybridized carbons (Fsp3) is 0.714. The molecule has 0 rings (SSSR count). The van der Waals surface area contributed by atoms with E-state index in [-0.39, 0.29) is 12.5 Å². The number of rotatable bonds is 6. The van der Waals surface area contributed by atoms with Crippen LogP contribution in [0.4, 0.5) is 4.79 Å². The van der Waals surface area contributed by atoms with Gasteiger partial charge in [0.1, 0.15) is 5.60 Å². The second-order valence-electron chi connectivity index (χ2n) is 5.91. The average molecular weight is 271 g/mol. The van der Waals surface area contributed by atoms with E-state index < -0.39 is 17.7 Å². The fourth-order valence-electron chi connectivity index (χ4n) is 1.49. The number of ether oxygens (including phenoxy) is 1. The molecule has 19 heavy (non-hydrogen) atoms. The molecule has 5 nitrogen and oxygen atoms in total. The number of hydrogen-bond acceptors (Lipinski definition) is 3. The summed E-state index contributed by atoms with van der Waals surface area (Å²) in [6.07, 6.45) is 3.45. The summed E-state index contributed by atoms with van der Waals surface area (Å²) >= 11 is 0. The SMILES string of the molecule is CC(C)C[C@@H](/C=C/CC(=O)O)NC(=O)OC(C)(C)C. The van der Waals surface area contributed by atoms with Crippen LogP contribution in [0.25, 0.3) is 0 Å². The fourth-order valence-corrected chi connectivity index (χ4v) is 1.49. The van der Waals surface area contributed by atoms with Crippen LogP contribution >= 0.6 is 0 Å². The zero-order valence-electron chi connectivity index (χ0n) is 12.4. The van der Waals surface area contributed by atoms with Gasteiger partial charge in [-0.15, -0.1) is 0 Å². The number of hydrogen-bond donors (Lipinski definition) is 2.